The monoisotopic (exact) mass is 287 g/mol. The lowest BCUT2D eigenvalue weighted by molar-refractivity contribution is 0.0977. The van der Waals surface area contributed by atoms with Crippen LogP contribution >= 0.6 is 11.6 Å². The SMILES string of the molecule is Cc1ccccc1C(=O)C(C#N)c1c(F)cccc1Cl. The molecule has 0 aliphatic carbocycles. The summed E-state index contributed by atoms with van der Waals surface area (Å²) in [6.07, 6.45) is 0. The molecule has 1 unspecified atom stereocenters. The zero-order chi connectivity index (χ0) is 14.7. The first kappa shape index (κ1) is 14.2. The molecule has 2 rings (SSSR count). The zero-order valence-corrected chi connectivity index (χ0v) is 11.5. The zero-order valence-electron chi connectivity index (χ0n) is 10.7. The number of nitriles is 1. The number of carbonyl (C=O) groups is 1. The van der Waals surface area contributed by atoms with Crippen molar-refractivity contribution in [2.24, 2.45) is 0 Å². The van der Waals surface area contributed by atoms with Crippen molar-refractivity contribution in [2.45, 2.75) is 12.8 Å². The second-order valence-corrected chi connectivity index (χ2v) is 4.78. The first-order chi connectivity index (χ1) is 9.56. The molecule has 100 valence electrons. The van der Waals surface area contributed by atoms with Crippen molar-refractivity contribution >= 4 is 17.4 Å². The van der Waals surface area contributed by atoms with Crippen molar-refractivity contribution in [1.82, 2.24) is 0 Å². The molecule has 2 aromatic rings. The Morgan fingerprint density at radius 1 is 1.25 bits per heavy atom. The Morgan fingerprint density at radius 3 is 2.55 bits per heavy atom. The van der Waals surface area contributed by atoms with E-state index in [4.69, 9.17) is 11.6 Å². The molecule has 0 fully saturated rings. The van der Waals surface area contributed by atoms with Crippen LogP contribution in [-0.2, 0) is 0 Å². The van der Waals surface area contributed by atoms with Gasteiger partial charge in [-0.15, -0.1) is 0 Å². The van der Waals surface area contributed by atoms with Gasteiger partial charge in [0.05, 0.1) is 6.07 Å². The average molecular weight is 288 g/mol. The molecule has 0 aliphatic heterocycles. The van der Waals surface area contributed by atoms with Crippen LogP contribution in [0.5, 0.6) is 0 Å². The molecular weight excluding hydrogens is 277 g/mol. The van der Waals surface area contributed by atoms with Crippen LogP contribution in [0.4, 0.5) is 4.39 Å². The molecule has 0 amide bonds. The number of aryl methyl sites for hydroxylation is 1. The van der Waals surface area contributed by atoms with E-state index in [0.717, 1.165) is 5.56 Å². The average Bonchev–Trinajstić information content (AvgIpc) is 2.43. The molecule has 1 atom stereocenters. The fourth-order valence-corrected chi connectivity index (χ4v) is 2.32. The Hall–Kier alpha value is -2.18. The molecule has 0 saturated carbocycles. The minimum atomic E-state index is -1.25. The Balaban J connectivity index is 2.52. The second-order valence-electron chi connectivity index (χ2n) is 4.38. The summed E-state index contributed by atoms with van der Waals surface area (Å²) in [5.74, 6) is -2.34. The van der Waals surface area contributed by atoms with Gasteiger partial charge in [0.1, 0.15) is 11.7 Å². The van der Waals surface area contributed by atoms with Gasteiger partial charge in [0.25, 0.3) is 0 Å². The summed E-state index contributed by atoms with van der Waals surface area (Å²) < 4.78 is 13.9. The predicted octanol–water partition coefficient (Wildman–Crippen LogP) is 4.28. The summed E-state index contributed by atoms with van der Waals surface area (Å²) in [6.45, 7) is 1.77. The van der Waals surface area contributed by atoms with Gasteiger partial charge >= 0.3 is 0 Å². The molecule has 0 heterocycles. The van der Waals surface area contributed by atoms with Crippen LogP contribution in [-0.4, -0.2) is 5.78 Å². The number of rotatable bonds is 3. The van der Waals surface area contributed by atoms with Crippen LogP contribution in [0.1, 0.15) is 27.4 Å². The lowest BCUT2D eigenvalue weighted by Crippen LogP contribution is -2.14. The molecule has 2 aromatic carbocycles. The van der Waals surface area contributed by atoms with Gasteiger partial charge in [-0.05, 0) is 24.6 Å². The third-order valence-corrected chi connectivity index (χ3v) is 3.42. The number of hydrogen-bond donors (Lipinski definition) is 0. The van der Waals surface area contributed by atoms with Gasteiger partial charge in [-0.1, -0.05) is 41.9 Å². The maximum atomic E-state index is 13.9. The van der Waals surface area contributed by atoms with Gasteiger partial charge in [-0.2, -0.15) is 5.26 Å². The van der Waals surface area contributed by atoms with E-state index < -0.39 is 17.5 Å². The van der Waals surface area contributed by atoms with Crippen molar-refractivity contribution in [3.8, 4) is 6.07 Å². The van der Waals surface area contributed by atoms with Crippen molar-refractivity contribution in [3.63, 3.8) is 0 Å². The minimum Gasteiger partial charge on any atom is -0.292 e. The number of ketones is 1. The van der Waals surface area contributed by atoms with Gasteiger partial charge in [0, 0.05) is 16.1 Å². The Kier molecular flexibility index (Phi) is 4.16. The molecule has 2 nitrogen and oxygen atoms in total. The summed E-state index contributed by atoms with van der Waals surface area (Å²) >= 11 is 5.93. The molecular formula is C16H11ClFNO. The van der Waals surface area contributed by atoms with Crippen LogP contribution < -0.4 is 0 Å². The molecule has 0 aromatic heterocycles. The maximum absolute atomic E-state index is 13.9. The van der Waals surface area contributed by atoms with E-state index in [1.807, 2.05) is 6.07 Å². The van der Waals surface area contributed by atoms with Crippen LogP contribution in [0.25, 0.3) is 0 Å². The minimum absolute atomic E-state index is 0.0649. The lowest BCUT2D eigenvalue weighted by atomic mass is 9.89. The fraction of sp³-hybridized carbons (Fsp3) is 0.125. The first-order valence-electron chi connectivity index (χ1n) is 5.99. The summed E-state index contributed by atoms with van der Waals surface area (Å²) in [5, 5.41) is 9.34. The number of hydrogen-bond acceptors (Lipinski definition) is 2. The summed E-state index contributed by atoms with van der Waals surface area (Å²) in [5.41, 5.74) is 1.08. The molecule has 0 saturated heterocycles. The van der Waals surface area contributed by atoms with E-state index >= 15 is 0 Å². The van der Waals surface area contributed by atoms with Gasteiger partial charge in [0.2, 0.25) is 0 Å². The van der Waals surface area contributed by atoms with Crippen LogP contribution in [0.15, 0.2) is 42.5 Å². The van der Waals surface area contributed by atoms with Crippen molar-refractivity contribution < 1.29 is 9.18 Å². The number of Topliss-reactive ketones (excluding diaryl/α,β-unsaturated/α-hetero) is 1. The van der Waals surface area contributed by atoms with Crippen LogP contribution in [0, 0.1) is 24.1 Å². The lowest BCUT2D eigenvalue weighted by Gasteiger charge is -2.12. The van der Waals surface area contributed by atoms with E-state index in [0.29, 0.717) is 5.56 Å². The Bertz CT molecular complexity index is 686. The van der Waals surface area contributed by atoms with Gasteiger partial charge in [0.15, 0.2) is 5.78 Å². The van der Waals surface area contributed by atoms with Crippen molar-refractivity contribution in [1.29, 1.82) is 5.26 Å². The molecule has 20 heavy (non-hydrogen) atoms. The third-order valence-electron chi connectivity index (χ3n) is 3.09. The number of carbonyl (C=O) groups excluding carboxylic acids is 1. The van der Waals surface area contributed by atoms with Crippen LogP contribution in [0.3, 0.4) is 0 Å². The third kappa shape index (κ3) is 2.56. The number of benzene rings is 2. The highest BCUT2D eigenvalue weighted by Crippen LogP contribution is 2.30. The Morgan fingerprint density at radius 2 is 1.95 bits per heavy atom. The molecule has 0 bridgehead atoms. The van der Waals surface area contributed by atoms with Crippen LogP contribution in [0.2, 0.25) is 5.02 Å². The molecule has 4 heteroatoms. The summed E-state index contributed by atoms with van der Waals surface area (Å²) in [4.78, 5) is 12.5. The molecule has 0 spiro atoms. The standard InChI is InChI=1S/C16H11ClFNO/c1-10-5-2-3-6-11(10)16(20)12(9-19)15-13(17)7-4-8-14(15)18/h2-8,12H,1H3. The number of nitrogens with zero attached hydrogens (tertiary/aromatic N) is 1. The highest BCUT2D eigenvalue weighted by molar-refractivity contribution is 6.32. The van der Waals surface area contributed by atoms with Gasteiger partial charge in [-0.3, -0.25) is 4.79 Å². The van der Waals surface area contributed by atoms with E-state index in [1.54, 1.807) is 31.2 Å². The highest BCUT2D eigenvalue weighted by atomic mass is 35.5. The Labute approximate surface area is 121 Å². The smallest absolute Gasteiger partial charge is 0.184 e. The van der Waals surface area contributed by atoms with Crippen molar-refractivity contribution in [2.75, 3.05) is 0 Å². The number of halogens is 2. The highest BCUT2D eigenvalue weighted by Gasteiger charge is 2.27. The second kappa shape index (κ2) is 5.85. The normalized spacial score (nSPS) is 11.7. The summed E-state index contributed by atoms with van der Waals surface area (Å²) in [6, 6.07) is 12.8. The van der Waals surface area contributed by atoms with E-state index in [1.165, 1.54) is 18.2 Å². The van der Waals surface area contributed by atoms with E-state index in [9.17, 15) is 14.4 Å². The topological polar surface area (TPSA) is 40.9 Å². The fourth-order valence-electron chi connectivity index (χ4n) is 2.05. The largest absolute Gasteiger partial charge is 0.292 e. The van der Waals surface area contributed by atoms with E-state index in [-0.39, 0.29) is 10.6 Å². The van der Waals surface area contributed by atoms with Crippen molar-refractivity contribution in [3.05, 3.63) is 70.0 Å². The van der Waals surface area contributed by atoms with E-state index in [2.05, 4.69) is 0 Å². The molecule has 0 N–H and O–H groups in total. The van der Waals surface area contributed by atoms with Gasteiger partial charge in [-0.25, -0.2) is 4.39 Å². The molecule has 0 radical (unpaired) electrons. The molecule has 0 aliphatic rings. The maximum Gasteiger partial charge on any atom is 0.184 e. The summed E-state index contributed by atoms with van der Waals surface area (Å²) in [7, 11) is 0. The first-order valence-corrected chi connectivity index (χ1v) is 6.37. The quantitative estimate of drug-likeness (QED) is 0.791. The predicted molar refractivity (Wildman–Crippen MR) is 75.3 cm³/mol. The van der Waals surface area contributed by atoms with Gasteiger partial charge < -0.3 is 0 Å².